The Morgan fingerprint density at radius 1 is 1.14 bits per heavy atom. The first kappa shape index (κ1) is 9.49. The first-order valence-electron chi connectivity index (χ1n) is 5.24. The Morgan fingerprint density at radius 2 is 1.86 bits per heavy atom. The van der Waals surface area contributed by atoms with Crippen LogP contribution in [0.3, 0.4) is 0 Å². The van der Waals surface area contributed by atoms with Gasteiger partial charge in [-0.25, -0.2) is 4.79 Å². The van der Waals surface area contributed by atoms with Crippen LogP contribution in [0.1, 0.15) is 32.1 Å². The summed E-state index contributed by atoms with van der Waals surface area (Å²) in [5.74, 6) is -1.46. The molecule has 1 aliphatic carbocycles. The number of rotatable bonds is 0. The van der Waals surface area contributed by atoms with Crippen LogP contribution in [0.4, 0.5) is 0 Å². The van der Waals surface area contributed by atoms with Gasteiger partial charge in [0.2, 0.25) is 0 Å². The normalized spacial score (nSPS) is 31.3. The number of amides is 1. The monoisotopic (exact) mass is 197 g/mol. The van der Waals surface area contributed by atoms with Crippen LogP contribution < -0.4 is 0 Å². The van der Waals surface area contributed by atoms with E-state index in [1.165, 1.54) is 17.7 Å². The van der Waals surface area contributed by atoms with Crippen molar-refractivity contribution in [3.8, 4) is 0 Å². The van der Waals surface area contributed by atoms with Gasteiger partial charge in [0.15, 0.2) is 0 Å². The van der Waals surface area contributed by atoms with Crippen LogP contribution in [0.2, 0.25) is 0 Å². The molecule has 2 fully saturated rings. The smallest absolute Gasteiger partial charge is 0.394 e. The molecule has 1 aliphatic heterocycles. The Balaban J connectivity index is 1.98. The number of aliphatic carboxylic acids is 1. The van der Waals surface area contributed by atoms with Crippen molar-refractivity contribution in [2.45, 2.75) is 38.1 Å². The molecule has 2 atom stereocenters. The van der Waals surface area contributed by atoms with E-state index in [9.17, 15) is 9.59 Å². The lowest BCUT2D eigenvalue weighted by Crippen LogP contribution is -2.59. The van der Waals surface area contributed by atoms with Crippen molar-refractivity contribution in [3.05, 3.63) is 0 Å². The highest BCUT2D eigenvalue weighted by atomic mass is 16.4. The predicted octanol–water partition coefficient (Wildman–Crippen LogP) is 0.862. The molecule has 0 aromatic heterocycles. The molecule has 2 aliphatic rings. The highest BCUT2D eigenvalue weighted by Crippen LogP contribution is 2.35. The molecule has 1 amide bonds. The zero-order valence-electron chi connectivity index (χ0n) is 8.11. The fourth-order valence-electron chi connectivity index (χ4n) is 2.59. The van der Waals surface area contributed by atoms with E-state index in [1.807, 2.05) is 0 Å². The third kappa shape index (κ3) is 1.49. The lowest BCUT2D eigenvalue weighted by atomic mass is 9.84. The van der Waals surface area contributed by atoms with Crippen LogP contribution in [0.15, 0.2) is 0 Å². The van der Waals surface area contributed by atoms with Gasteiger partial charge in [0, 0.05) is 12.6 Å². The van der Waals surface area contributed by atoms with Crippen molar-refractivity contribution < 1.29 is 14.7 Å². The average Bonchev–Trinajstić information content (AvgIpc) is 2.28. The maximum atomic E-state index is 11.2. The van der Waals surface area contributed by atoms with E-state index in [4.69, 9.17) is 5.11 Å². The SMILES string of the molecule is O=C(O)C(=O)N1CC2CCCCCC21. The van der Waals surface area contributed by atoms with Crippen molar-refractivity contribution in [2.24, 2.45) is 5.92 Å². The molecule has 4 nitrogen and oxygen atoms in total. The van der Waals surface area contributed by atoms with Gasteiger partial charge in [-0.1, -0.05) is 19.3 Å². The van der Waals surface area contributed by atoms with Gasteiger partial charge in [0.05, 0.1) is 0 Å². The standard InChI is InChI=1S/C10H15NO3/c12-9(10(13)14)11-6-7-4-2-1-3-5-8(7)11/h7-8H,1-6H2,(H,13,14). The molecule has 2 rings (SSSR count). The van der Waals surface area contributed by atoms with Gasteiger partial charge >= 0.3 is 11.9 Å². The maximum Gasteiger partial charge on any atom is 0.394 e. The van der Waals surface area contributed by atoms with Gasteiger partial charge in [-0.2, -0.15) is 0 Å². The summed E-state index contributed by atoms with van der Waals surface area (Å²) in [5.41, 5.74) is 0. The van der Waals surface area contributed by atoms with Crippen molar-refractivity contribution in [2.75, 3.05) is 6.54 Å². The zero-order chi connectivity index (χ0) is 10.1. The van der Waals surface area contributed by atoms with Crippen LogP contribution in [0.5, 0.6) is 0 Å². The van der Waals surface area contributed by atoms with Gasteiger partial charge in [-0.15, -0.1) is 0 Å². The molecule has 0 radical (unpaired) electrons. The number of carbonyl (C=O) groups excluding carboxylic acids is 1. The molecule has 14 heavy (non-hydrogen) atoms. The molecule has 0 aromatic rings. The number of fused-ring (bicyclic) bond motifs is 1. The number of hydrogen-bond donors (Lipinski definition) is 1. The van der Waals surface area contributed by atoms with Crippen LogP contribution in [-0.2, 0) is 9.59 Å². The van der Waals surface area contributed by atoms with E-state index in [1.54, 1.807) is 0 Å². The summed E-state index contributed by atoms with van der Waals surface area (Å²) in [6, 6.07) is 0.223. The maximum absolute atomic E-state index is 11.2. The largest absolute Gasteiger partial charge is 0.474 e. The van der Waals surface area contributed by atoms with E-state index >= 15 is 0 Å². The summed E-state index contributed by atoms with van der Waals surface area (Å²) in [4.78, 5) is 23.2. The quantitative estimate of drug-likeness (QED) is 0.586. The lowest BCUT2D eigenvalue weighted by Gasteiger charge is -2.46. The fourth-order valence-corrected chi connectivity index (χ4v) is 2.59. The van der Waals surface area contributed by atoms with E-state index in [2.05, 4.69) is 0 Å². The molecule has 0 aromatic carbocycles. The fraction of sp³-hybridized carbons (Fsp3) is 0.800. The number of carboxylic acids is 1. The van der Waals surface area contributed by atoms with Crippen molar-refractivity contribution in [1.29, 1.82) is 0 Å². The highest BCUT2D eigenvalue weighted by Gasteiger charge is 2.43. The number of carbonyl (C=O) groups is 2. The lowest BCUT2D eigenvalue weighted by molar-refractivity contribution is -0.163. The van der Waals surface area contributed by atoms with E-state index in [-0.39, 0.29) is 6.04 Å². The summed E-state index contributed by atoms with van der Waals surface area (Å²) in [6.07, 6.45) is 5.74. The van der Waals surface area contributed by atoms with Gasteiger partial charge in [0.1, 0.15) is 0 Å². The minimum absolute atomic E-state index is 0.223. The zero-order valence-corrected chi connectivity index (χ0v) is 8.11. The van der Waals surface area contributed by atoms with Crippen molar-refractivity contribution in [1.82, 2.24) is 4.90 Å². The van der Waals surface area contributed by atoms with E-state index in [0.717, 1.165) is 19.3 Å². The Labute approximate surface area is 82.9 Å². The molecule has 1 N–H and O–H groups in total. The minimum Gasteiger partial charge on any atom is -0.474 e. The second kappa shape index (κ2) is 3.59. The molecular weight excluding hydrogens is 182 g/mol. The highest BCUT2D eigenvalue weighted by molar-refractivity contribution is 6.31. The number of likely N-dealkylation sites (tertiary alicyclic amines) is 1. The second-order valence-corrected chi connectivity index (χ2v) is 4.23. The summed E-state index contributed by atoms with van der Waals surface area (Å²) >= 11 is 0. The first-order valence-corrected chi connectivity index (χ1v) is 5.24. The summed E-state index contributed by atoms with van der Waals surface area (Å²) in [5, 5.41) is 8.59. The molecule has 2 unspecified atom stereocenters. The topological polar surface area (TPSA) is 57.6 Å². The van der Waals surface area contributed by atoms with Gasteiger partial charge in [0.25, 0.3) is 0 Å². The molecule has 0 spiro atoms. The van der Waals surface area contributed by atoms with E-state index in [0.29, 0.717) is 12.5 Å². The first-order chi connectivity index (χ1) is 6.70. The number of hydrogen-bond acceptors (Lipinski definition) is 2. The van der Waals surface area contributed by atoms with E-state index < -0.39 is 11.9 Å². The van der Waals surface area contributed by atoms with Gasteiger partial charge in [-0.05, 0) is 18.8 Å². The minimum atomic E-state index is -1.31. The molecule has 4 heteroatoms. The molecule has 1 saturated carbocycles. The Hall–Kier alpha value is -1.06. The third-order valence-electron chi connectivity index (χ3n) is 3.39. The Bertz CT molecular complexity index is 264. The molecule has 78 valence electrons. The third-order valence-corrected chi connectivity index (χ3v) is 3.39. The van der Waals surface area contributed by atoms with Crippen LogP contribution in [0, 0.1) is 5.92 Å². The second-order valence-electron chi connectivity index (χ2n) is 4.23. The number of carboxylic acid groups (broad SMARTS) is 1. The Kier molecular flexibility index (Phi) is 2.44. The molecule has 1 saturated heterocycles. The molecule has 1 heterocycles. The Morgan fingerprint density at radius 3 is 2.57 bits per heavy atom. The number of nitrogens with zero attached hydrogens (tertiary/aromatic N) is 1. The van der Waals surface area contributed by atoms with Crippen LogP contribution >= 0.6 is 0 Å². The summed E-state index contributed by atoms with van der Waals surface area (Å²) in [7, 11) is 0. The van der Waals surface area contributed by atoms with Gasteiger partial charge < -0.3 is 10.0 Å². The average molecular weight is 197 g/mol. The van der Waals surface area contributed by atoms with Crippen molar-refractivity contribution in [3.63, 3.8) is 0 Å². The summed E-state index contributed by atoms with van der Waals surface area (Å²) < 4.78 is 0. The predicted molar refractivity (Wildman–Crippen MR) is 49.7 cm³/mol. The molecule has 0 bridgehead atoms. The van der Waals surface area contributed by atoms with Crippen molar-refractivity contribution >= 4 is 11.9 Å². The van der Waals surface area contributed by atoms with Gasteiger partial charge in [-0.3, -0.25) is 4.79 Å². The molecular formula is C10H15NO3. The van der Waals surface area contributed by atoms with Crippen LogP contribution in [0.25, 0.3) is 0 Å². The summed E-state index contributed by atoms with van der Waals surface area (Å²) in [6.45, 7) is 0.662. The van der Waals surface area contributed by atoms with Crippen LogP contribution in [-0.4, -0.2) is 34.5 Å².